The Morgan fingerprint density at radius 2 is 1.77 bits per heavy atom. The number of ether oxygens (including phenoxy) is 1. The Morgan fingerprint density at radius 3 is 2.56 bits per heavy atom. The Balaban J connectivity index is 1.30. The highest BCUT2D eigenvalue weighted by Gasteiger charge is 2.59. The molecule has 2 N–H and O–H groups in total. The molecule has 3 heterocycles. The van der Waals surface area contributed by atoms with Crippen molar-refractivity contribution < 1.29 is 19.1 Å². The highest BCUT2D eigenvalue weighted by atomic mass is 16.5. The summed E-state index contributed by atoms with van der Waals surface area (Å²) >= 11 is 0. The van der Waals surface area contributed by atoms with Gasteiger partial charge in [-0.2, -0.15) is 0 Å². The number of nitrogens with zero attached hydrogens (tertiary/aromatic N) is 2. The van der Waals surface area contributed by atoms with Crippen molar-refractivity contribution in [3.63, 3.8) is 0 Å². The van der Waals surface area contributed by atoms with Gasteiger partial charge in [0.25, 0.3) is 11.8 Å². The van der Waals surface area contributed by atoms with Gasteiger partial charge in [-0.05, 0) is 67.8 Å². The number of nitrogens with one attached hydrogen (secondary N) is 2. The van der Waals surface area contributed by atoms with Gasteiger partial charge < -0.3 is 19.9 Å². The van der Waals surface area contributed by atoms with Gasteiger partial charge in [-0.3, -0.25) is 9.59 Å². The molecule has 0 spiro atoms. The van der Waals surface area contributed by atoms with E-state index >= 15 is 0 Å². The van der Waals surface area contributed by atoms with Gasteiger partial charge in [0.15, 0.2) is 5.54 Å². The molecule has 4 aromatic rings. The van der Waals surface area contributed by atoms with Crippen molar-refractivity contribution in [3.8, 4) is 5.75 Å². The summed E-state index contributed by atoms with van der Waals surface area (Å²) in [6.45, 7) is 4.94. The van der Waals surface area contributed by atoms with E-state index in [0.717, 1.165) is 45.7 Å². The molecule has 1 saturated heterocycles. The largest absolute Gasteiger partial charge is 0.494 e. The summed E-state index contributed by atoms with van der Waals surface area (Å²) in [7, 11) is 0. The van der Waals surface area contributed by atoms with E-state index in [4.69, 9.17) is 4.74 Å². The SMILES string of the molecule is CCCCOc1ccc(NC(=O)c2ccccc2N2C(=O)N3CCc4c([nH]c5ccccc45)[C@@]3(C)C2=O)cc1. The lowest BCUT2D eigenvalue weighted by Crippen LogP contribution is -2.49. The van der Waals surface area contributed by atoms with Crippen molar-refractivity contribution in [1.82, 2.24) is 9.88 Å². The summed E-state index contributed by atoms with van der Waals surface area (Å²) in [5.41, 5.74) is 2.62. The fraction of sp³-hybridized carbons (Fsp3) is 0.258. The average molecular weight is 523 g/mol. The Kier molecular flexibility index (Phi) is 6.10. The number of aromatic nitrogens is 1. The van der Waals surface area contributed by atoms with E-state index < -0.39 is 17.5 Å². The van der Waals surface area contributed by atoms with Crippen LogP contribution in [0.25, 0.3) is 10.9 Å². The minimum Gasteiger partial charge on any atom is -0.494 e. The van der Waals surface area contributed by atoms with Gasteiger partial charge in [-0.1, -0.05) is 43.7 Å². The molecule has 0 bridgehead atoms. The van der Waals surface area contributed by atoms with Gasteiger partial charge in [0.1, 0.15) is 5.75 Å². The van der Waals surface area contributed by atoms with Crippen LogP contribution in [0.2, 0.25) is 0 Å². The molecule has 2 aliphatic rings. The number of H-pyrrole nitrogens is 1. The van der Waals surface area contributed by atoms with Crippen LogP contribution >= 0.6 is 0 Å². The van der Waals surface area contributed by atoms with Crippen molar-refractivity contribution in [2.24, 2.45) is 0 Å². The van der Waals surface area contributed by atoms with E-state index in [0.29, 0.717) is 25.3 Å². The molecule has 0 radical (unpaired) electrons. The molecule has 2 aliphatic heterocycles. The Bertz CT molecular complexity index is 1590. The number of hydrogen-bond donors (Lipinski definition) is 2. The normalized spacial score (nSPS) is 18.3. The average Bonchev–Trinajstić information content (AvgIpc) is 3.43. The highest BCUT2D eigenvalue weighted by molar-refractivity contribution is 6.26. The van der Waals surface area contributed by atoms with E-state index in [1.807, 2.05) is 24.3 Å². The molecule has 1 aromatic heterocycles. The predicted molar refractivity (Wildman–Crippen MR) is 150 cm³/mol. The van der Waals surface area contributed by atoms with Crippen LogP contribution in [0.4, 0.5) is 16.2 Å². The first kappa shape index (κ1) is 24.7. The molecule has 1 fully saturated rings. The number of amides is 4. The van der Waals surface area contributed by atoms with Crippen LogP contribution in [-0.4, -0.2) is 40.9 Å². The molecule has 8 nitrogen and oxygen atoms in total. The molecule has 4 amide bonds. The van der Waals surface area contributed by atoms with Gasteiger partial charge in [-0.15, -0.1) is 0 Å². The second-order valence-corrected chi connectivity index (χ2v) is 10.1. The van der Waals surface area contributed by atoms with Crippen LogP contribution in [0.5, 0.6) is 5.75 Å². The second kappa shape index (κ2) is 9.62. The van der Waals surface area contributed by atoms with Crippen LogP contribution in [-0.2, 0) is 16.8 Å². The molecule has 39 heavy (non-hydrogen) atoms. The minimum atomic E-state index is -1.19. The molecule has 198 valence electrons. The van der Waals surface area contributed by atoms with Crippen molar-refractivity contribution in [3.05, 3.63) is 89.6 Å². The van der Waals surface area contributed by atoms with Gasteiger partial charge >= 0.3 is 6.03 Å². The van der Waals surface area contributed by atoms with E-state index in [9.17, 15) is 14.4 Å². The number of benzene rings is 3. The predicted octanol–water partition coefficient (Wildman–Crippen LogP) is 5.84. The minimum absolute atomic E-state index is 0.239. The third-order valence-corrected chi connectivity index (χ3v) is 7.74. The standard InChI is InChI=1S/C31H30N4O4/c1-3-4-19-39-21-15-13-20(14-16-21)32-28(36)24-10-6-8-12-26(24)35-29(37)31(2)27-23(17-18-34(31)30(35)38)22-9-5-7-11-25(22)33-27/h5-16,33H,3-4,17-19H2,1-2H3,(H,32,36)/t31-/m0/s1. The second-order valence-electron chi connectivity index (χ2n) is 10.1. The number of anilines is 2. The quantitative estimate of drug-likeness (QED) is 0.236. The van der Waals surface area contributed by atoms with Crippen LogP contribution in [0.1, 0.15) is 48.3 Å². The Labute approximate surface area is 226 Å². The monoisotopic (exact) mass is 522 g/mol. The number of para-hydroxylation sites is 2. The van der Waals surface area contributed by atoms with Crippen LogP contribution in [0.15, 0.2) is 72.8 Å². The van der Waals surface area contributed by atoms with Crippen molar-refractivity contribution in [2.45, 2.75) is 38.6 Å². The van der Waals surface area contributed by atoms with Crippen molar-refractivity contribution >= 4 is 40.1 Å². The summed E-state index contributed by atoms with van der Waals surface area (Å²) in [5.74, 6) is -0.0580. The highest BCUT2D eigenvalue weighted by Crippen LogP contribution is 2.45. The summed E-state index contributed by atoms with van der Waals surface area (Å²) in [4.78, 5) is 47.4. The van der Waals surface area contributed by atoms with E-state index in [1.165, 1.54) is 0 Å². The van der Waals surface area contributed by atoms with E-state index in [2.05, 4.69) is 17.2 Å². The lowest BCUT2D eigenvalue weighted by molar-refractivity contribution is -0.125. The fourth-order valence-corrected chi connectivity index (χ4v) is 5.63. The molecule has 1 atom stereocenters. The Morgan fingerprint density at radius 1 is 1.03 bits per heavy atom. The third-order valence-electron chi connectivity index (χ3n) is 7.74. The molecule has 8 heteroatoms. The number of rotatable bonds is 7. The molecule has 0 unspecified atom stereocenters. The van der Waals surface area contributed by atoms with Crippen molar-refractivity contribution in [2.75, 3.05) is 23.4 Å². The third kappa shape index (κ3) is 3.94. The van der Waals surface area contributed by atoms with Crippen LogP contribution in [0.3, 0.4) is 0 Å². The zero-order valence-corrected chi connectivity index (χ0v) is 22.0. The first-order valence-electron chi connectivity index (χ1n) is 13.3. The zero-order valence-electron chi connectivity index (χ0n) is 22.0. The number of hydrogen-bond acceptors (Lipinski definition) is 4. The summed E-state index contributed by atoms with van der Waals surface area (Å²) in [5, 5.41) is 3.95. The number of carbonyl (C=O) groups excluding carboxylic acids is 3. The molecule has 0 aliphatic carbocycles. The lowest BCUT2D eigenvalue weighted by Gasteiger charge is -2.35. The number of carbonyl (C=O) groups is 3. The maximum absolute atomic E-state index is 14.1. The molecule has 3 aromatic carbocycles. The maximum Gasteiger partial charge on any atom is 0.332 e. The van der Waals surface area contributed by atoms with Gasteiger partial charge in [0, 0.05) is 23.1 Å². The maximum atomic E-state index is 14.1. The Hall–Kier alpha value is -4.59. The number of fused-ring (bicyclic) bond motifs is 5. The molecular formula is C31H30N4O4. The smallest absolute Gasteiger partial charge is 0.332 e. The number of aromatic amines is 1. The van der Waals surface area contributed by atoms with Crippen molar-refractivity contribution in [1.29, 1.82) is 0 Å². The van der Waals surface area contributed by atoms with E-state index in [-0.39, 0.29) is 17.2 Å². The van der Waals surface area contributed by atoms with Crippen LogP contribution in [0, 0.1) is 0 Å². The molecule has 6 rings (SSSR count). The van der Waals surface area contributed by atoms with Gasteiger partial charge in [-0.25, -0.2) is 9.69 Å². The number of unbranched alkanes of at least 4 members (excludes halogenated alkanes) is 1. The fourth-order valence-electron chi connectivity index (χ4n) is 5.63. The molecule has 0 saturated carbocycles. The summed E-state index contributed by atoms with van der Waals surface area (Å²) in [6, 6.07) is 21.4. The summed E-state index contributed by atoms with van der Waals surface area (Å²) in [6.07, 6.45) is 2.67. The van der Waals surface area contributed by atoms with Gasteiger partial charge in [0.2, 0.25) is 0 Å². The topological polar surface area (TPSA) is 94.7 Å². The first-order chi connectivity index (χ1) is 18.9. The summed E-state index contributed by atoms with van der Waals surface area (Å²) < 4.78 is 5.70. The lowest BCUT2D eigenvalue weighted by atomic mass is 9.87. The van der Waals surface area contributed by atoms with Crippen LogP contribution < -0.4 is 15.0 Å². The molecular weight excluding hydrogens is 492 g/mol. The van der Waals surface area contributed by atoms with E-state index in [1.54, 1.807) is 60.4 Å². The number of imide groups is 1. The zero-order chi connectivity index (χ0) is 27.1. The first-order valence-corrected chi connectivity index (χ1v) is 13.3. The van der Waals surface area contributed by atoms with Gasteiger partial charge in [0.05, 0.1) is 23.6 Å². The number of urea groups is 1.